The summed E-state index contributed by atoms with van der Waals surface area (Å²) in [5.74, 6) is -0.132. The van der Waals surface area contributed by atoms with Crippen molar-refractivity contribution < 1.29 is 9.90 Å². The zero-order valence-corrected chi connectivity index (χ0v) is 12.0. The van der Waals surface area contributed by atoms with Crippen molar-refractivity contribution in [2.45, 2.75) is 31.7 Å². The van der Waals surface area contributed by atoms with Gasteiger partial charge in [-0.25, -0.2) is 4.98 Å². The lowest BCUT2D eigenvalue weighted by Crippen LogP contribution is -2.44. The van der Waals surface area contributed by atoms with E-state index in [0.717, 1.165) is 19.3 Å². The molecule has 1 fully saturated rings. The van der Waals surface area contributed by atoms with Gasteiger partial charge in [0.2, 0.25) is 0 Å². The van der Waals surface area contributed by atoms with Crippen LogP contribution in [0, 0.1) is 0 Å². The maximum Gasteiger partial charge on any atom is 0.255 e. The molecule has 2 heterocycles. The quantitative estimate of drug-likeness (QED) is 0.874. The number of rotatable bonds is 3. The minimum absolute atomic E-state index is 0.0780. The molecule has 104 valence electrons. The lowest BCUT2D eigenvalue weighted by atomic mass is 9.98. The van der Waals surface area contributed by atoms with Crippen LogP contribution in [0.5, 0.6) is 0 Å². The fourth-order valence-electron chi connectivity index (χ4n) is 2.45. The first-order chi connectivity index (χ1) is 9.13. The van der Waals surface area contributed by atoms with Crippen molar-refractivity contribution >= 4 is 29.1 Å². The van der Waals surface area contributed by atoms with Crippen molar-refractivity contribution in [1.29, 1.82) is 0 Å². The second-order valence-electron chi connectivity index (χ2n) is 4.65. The molecular formula is C13H16Cl2N2O2. The molecule has 0 aliphatic carbocycles. The van der Waals surface area contributed by atoms with Gasteiger partial charge in [-0.05, 0) is 31.7 Å². The minimum Gasteiger partial charge on any atom is -0.396 e. The van der Waals surface area contributed by atoms with Crippen molar-refractivity contribution in [3.05, 3.63) is 28.0 Å². The smallest absolute Gasteiger partial charge is 0.255 e. The van der Waals surface area contributed by atoms with E-state index in [1.807, 2.05) is 0 Å². The van der Waals surface area contributed by atoms with Crippen molar-refractivity contribution in [3.63, 3.8) is 0 Å². The predicted molar refractivity (Wildman–Crippen MR) is 74.6 cm³/mol. The van der Waals surface area contributed by atoms with E-state index >= 15 is 0 Å². The van der Waals surface area contributed by atoms with E-state index in [0.29, 0.717) is 23.6 Å². The Kier molecular flexibility index (Phi) is 5.02. The number of aliphatic hydroxyl groups is 1. The molecule has 1 unspecified atom stereocenters. The van der Waals surface area contributed by atoms with E-state index in [-0.39, 0.29) is 23.7 Å². The van der Waals surface area contributed by atoms with Crippen LogP contribution in [0.2, 0.25) is 10.2 Å². The van der Waals surface area contributed by atoms with Crippen LogP contribution in [0.1, 0.15) is 36.0 Å². The Morgan fingerprint density at radius 1 is 1.47 bits per heavy atom. The molecule has 19 heavy (non-hydrogen) atoms. The highest BCUT2D eigenvalue weighted by Crippen LogP contribution is 2.25. The number of halogens is 2. The summed E-state index contributed by atoms with van der Waals surface area (Å²) < 4.78 is 0. The molecule has 2 rings (SSSR count). The van der Waals surface area contributed by atoms with Crippen LogP contribution in [-0.4, -0.2) is 40.1 Å². The maximum atomic E-state index is 12.5. The summed E-state index contributed by atoms with van der Waals surface area (Å²) in [7, 11) is 0. The molecular weight excluding hydrogens is 287 g/mol. The molecule has 1 amide bonds. The van der Waals surface area contributed by atoms with Crippen LogP contribution in [0.3, 0.4) is 0 Å². The van der Waals surface area contributed by atoms with Gasteiger partial charge in [-0.1, -0.05) is 23.2 Å². The Bertz CT molecular complexity index is 466. The molecule has 0 bridgehead atoms. The zero-order chi connectivity index (χ0) is 13.8. The summed E-state index contributed by atoms with van der Waals surface area (Å²) in [6.07, 6.45) is 4.97. The second kappa shape index (κ2) is 6.55. The predicted octanol–water partition coefficient (Wildman–Crippen LogP) is 2.77. The molecule has 4 nitrogen and oxygen atoms in total. The van der Waals surface area contributed by atoms with Crippen LogP contribution >= 0.6 is 23.2 Å². The molecule has 1 atom stereocenters. The average Bonchev–Trinajstić information content (AvgIpc) is 2.42. The number of piperidine rings is 1. The maximum absolute atomic E-state index is 12.5. The van der Waals surface area contributed by atoms with E-state index < -0.39 is 0 Å². The summed E-state index contributed by atoms with van der Waals surface area (Å²) in [5.41, 5.74) is 0.381. The van der Waals surface area contributed by atoms with E-state index in [9.17, 15) is 4.79 Å². The van der Waals surface area contributed by atoms with E-state index in [1.165, 1.54) is 12.3 Å². The number of likely N-dealkylation sites (tertiary alicyclic amines) is 1. The van der Waals surface area contributed by atoms with Gasteiger partial charge < -0.3 is 10.0 Å². The van der Waals surface area contributed by atoms with Crippen LogP contribution in [0.4, 0.5) is 0 Å². The minimum atomic E-state index is -0.132. The summed E-state index contributed by atoms with van der Waals surface area (Å²) in [4.78, 5) is 18.2. The number of aliphatic hydroxyl groups excluding tert-OH is 1. The fraction of sp³-hybridized carbons (Fsp3) is 0.538. The number of carbonyl (C=O) groups excluding carboxylic acids is 1. The van der Waals surface area contributed by atoms with Crippen molar-refractivity contribution in [1.82, 2.24) is 9.88 Å². The Hall–Kier alpha value is -0.840. The Morgan fingerprint density at radius 2 is 2.26 bits per heavy atom. The summed E-state index contributed by atoms with van der Waals surface area (Å²) in [5, 5.41) is 9.65. The van der Waals surface area contributed by atoms with Crippen LogP contribution < -0.4 is 0 Å². The SMILES string of the molecule is O=C(c1cc(Cl)ncc1Cl)N1CCCCC1CCO. The van der Waals surface area contributed by atoms with Gasteiger partial charge in [0.25, 0.3) is 5.91 Å². The number of hydrogen-bond donors (Lipinski definition) is 1. The number of pyridine rings is 1. The van der Waals surface area contributed by atoms with E-state index in [1.54, 1.807) is 4.90 Å². The van der Waals surface area contributed by atoms with Gasteiger partial charge in [0.15, 0.2) is 0 Å². The molecule has 0 radical (unpaired) electrons. The molecule has 0 aromatic carbocycles. The van der Waals surface area contributed by atoms with Gasteiger partial charge in [0.05, 0.1) is 10.6 Å². The third-order valence-electron chi connectivity index (χ3n) is 3.40. The second-order valence-corrected chi connectivity index (χ2v) is 5.44. The summed E-state index contributed by atoms with van der Waals surface area (Å²) in [6, 6.07) is 1.57. The third-order valence-corrected chi connectivity index (χ3v) is 3.91. The van der Waals surface area contributed by atoms with Gasteiger partial charge in [0, 0.05) is 25.4 Å². The molecule has 6 heteroatoms. The van der Waals surface area contributed by atoms with Gasteiger partial charge >= 0.3 is 0 Å². The molecule has 0 saturated carbocycles. The van der Waals surface area contributed by atoms with Gasteiger partial charge in [-0.15, -0.1) is 0 Å². The lowest BCUT2D eigenvalue weighted by molar-refractivity contribution is 0.0574. The third kappa shape index (κ3) is 3.38. The Labute approximate surface area is 122 Å². The van der Waals surface area contributed by atoms with Crippen molar-refractivity contribution in [2.24, 2.45) is 0 Å². The van der Waals surface area contributed by atoms with Crippen LogP contribution in [0.15, 0.2) is 12.3 Å². The normalized spacial score (nSPS) is 19.5. The number of carbonyl (C=O) groups is 1. The Balaban J connectivity index is 2.23. The lowest BCUT2D eigenvalue weighted by Gasteiger charge is -2.35. The molecule has 1 aromatic rings. The van der Waals surface area contributed by atoms with Gasteiger partial charge in [-0.2, -0.15) is 0 Å². The molecule has 1 saturated heterocycles. The number of hydrogen-bond acceptors (Lipinski definition) is 3. The molecule has 1 aliphatic heterocycles. The first-order valence-corrected chi connectivity index (χ1v) is 7.12. The highest BCUT2D eigenvalue weighted by molar-refractivity contribution is 6.35. The van der Waals surface area contributed by atoms with Crippen molar-refractivity contribution in [3.8, 4) is 0 Å². The first-order valence-electron chi connectivity index (χ1n) is 6.36. The fourth-order valence-corrected chi connectivity index (χ4v) is 2.79. The number of amides is 1. The monoisotopic (exact) mass is 302 g/mol. The van der Waals surface area contributed by atoms with Crippen molar-refractivity contribution in [2.75, 3.05) is 13.2 Å². The number of nitrogens with zero attached hydrogens (tertiary/aromatic N) is 2. The standard InChI is InChI=1S/C13H16Cl2N2O2/c14-11-8-16-12(15)7-10(11)13(19)17-5-2-1-3-9(17)4-6-18/h7-9,18H,1-6H2. The number of aromatic nitrogens is 1. The van der Waals surface area contributed by atoms with Gasteiger partial charge in [0.1, 0.15) is 5.15 Å². The summed E-state index contributed by atoms with van der Waals surface area (Å²) in [6.45, 7) is 0.777. The summed E-state index contributed by atoms with van der Waals surface area (Å²) >= 11 is 11.8. The molecule has 1 aromatic heterocycles. The van der Waals surface area contributed by atoms with Crippen LogP contribution in [-0.2, 0) is 0 Å². The largest absolute Gasteiger partial charge is 0.396 e. The zero-order valence-electron chi connectivity index (χ0n) is 10.5. The van der Waals surface area contributed by atoms with E-state index in [4.69, 9.17) is 28.3 Å². The average molecular weight is 303 g/mol. The molecule has 1 N–H and O–H groups in total. The van der Waals surface area contributed by atoms with Gasteiger partial charge in [-0.3, -0.25) is 4.79 Å². The molecule has 0 spiro atoms. The molecule has 1 aliphatic rings. The van der Waals surface area contributed by atoms with Crippen LogP contribution in [0.25, 0.3) is 0 Å². The highest BCUT2D eigenvalue weighted by Gasteiger charge is 2.28. The van der Waals surface area contributed by atoms with E-state index in [2.05, 4.69) is 4.98 Å². The Morgan fingerprint density at radius 3 is 3.00 bits per heavy atom. The highest BCUT2D eigenvalue weighted by atomic mass is 35.5. The topological polar surface area (TPSA) is 53.4 Å². The first kappa shape index (κ1) is 14.6.